The Morgan fingerprint density at radius 3 is 2.37 bits per heavy atom. The Hall–Kier alpha value is -2.66. The first-order valence-electron chi connectivity index (χ1n) is 9.53. The molecule has 2 N–H and O–H groups in total. The summed E-state index contributed by atoms with van der Waals surface area (Å²) in [5.74, 6) is 0. The molecule has 1 aliphatic carbocycles. The van der Waals surface area contributed by atoms with Crippen molar-refractivity contribution < 1.29 is 0 Å². The molecule has 27 heavy (non-hydrogen) atoms. The van der Waals surface area contributed by atoms with Crippen LogP contribution in [-0.2, 0) is 6.54 Å². The van der Waals surface area contributed by atoms with Gasteiger partial charge >= 0.3 is 0 Å². The molecule has 1 saturated carbocycles. The quantitative estimate of drug-likeness (QED) is 0.646. The molecule has 1 fully saturated rings. The van der Waals surface area contributed by atoms with Gasteiger partial charge in [0, 0.05) is 29.9 Å². The Balaban J connectivity index is 1.54. The number of nitrogens with zero attached hydrogens (tertiary/aromatic N) is 2. The average molecular weight is 377 g/mol. The van der Waals surface area contributed by atoms with E-state index in [1.807, 2.05) is 41.1 Å². The van der Waals surface area contributed by atoms with E-state index in [4.69, 9.17) is 17.3 Å². The summed E-state index contributed by atoms with van der Waals surface area (Å²) in [4.78, 5) is 0. The van der Waals surface area contributed by atoms with Gasteiger partial charge in [0.2, 0.25) is 0 Å². The van der Waals surface area contributed by atoms with E-state index in [0.29, 0.717) is 12.6 Å². The first-order chi connectivity index (χ1) is 13.3. The molecule has 3 aromatic rings. The van der Waals surface area contributed by atoms with Crippen LogP contribution in [0.25, 0.3) is 16.9 Å². The van der Waals surface area contributed by atoms with Crippen molar-refractivity contribution in [3.8, 4) is 16.9 Å². The number of aromatic nitrogens is 2. The molecule has 0 unspecified atom stereocenters. The fourth-order valence-electron chi connectivity index (χ4n) is 3.57. The molecule has 0 atom stereocenters. The summed E-state index contributed by atoms with van der Waals surface area (Å²) in [6.45, 7) is 0.648. The normalized spacial score (nSPS) is 14.2. The van der Waals surface area contributed by atoms with Crippen LogP contribution in [0.2, 0.25) is 0 Å². The van der Waals surface area contributed by atoms with Gasteiger partial charge in [-0.1, -0.05) is 61.4 Å². The predicted molar refractivity (Wildman–Crippen MR) is 114 cm³/mol. The van der Waals surface area contributed by atoms with Gasteiger partial charge in [-0.25, -0.2) is 4.68 Å². The SMILES string of the molecule is S=C(NCc1cn(-c2ccccc2)nc1-c1ccccc1)NC1CCCC1. The van der Waals surface area contributed by atoms with E-state index in [0.717, 1.165) is 27.6 Å². The predicted octanol–water partition coefficient (Wildman–Crippen LogP) is 4.45. The van der Waals surface area contributed by atoms with Crippen molar-refractivity contribution in [2.75, 3.05) is 0 Å². The number of hydrogen-bond donors (Lipinski definition) is 2. The smallest absolute Gasteiger partial charge is 0.166 e. The van der Waals surface area contributed by atoms with E-state index in [1.54, 1.807) is 0 Å². The molecule has 1 heterocycles. The van der Waals surface area contributed by atoms with E-state index in [-0.39, 0.29) is 0 Å². The van der Waals surface area contributed by atoms with Crippen LogP contribution in [0, 0.1) is 0 Å². The minimum absolute atomic E-state index is 0.519. The number of benzene rings is 2. The zero-order chi connectivity index (χ0) is 18.5. The molecule has 0 bridgehead atoms. The molecule has 4 nitrogen and oxygen atoms in total. The Kier molecular flexibility index (Phi) is 5.49. The van der Waals surface area contributed by atoms with Gasteiger partial charge in [0.15, 0.2) is 5.11 Å². The van der Waals surface area contributed by atoms with Crippen LogP contribution in [0.5, 0.6) is 0 Å². The summed E-state index contributed by atoms with van der Waals surface area (Å²) in [7, 11) is 0. The van der Waals surface area contributed by atoms with Crippen LogP contribution in [0.3, 0.4) is 0 Å². The fourth-order valence-corrected chi connectivity index (χ4v) is 3.81. The Morgan fingerprint density at radius 1 is 1.00 bits per heavy atom. The zero-order valence-electron chi connectivity index (χ0n) is 15.3. The van der Waals surface area contributed by atoms with Gasteiger partial charge in [-0.05, 0) is 37.2 Å². The molecule has 5 heteroatoms. The molecule has 0 spiro atoms. The van der Waals surface area contributed by atoms with Crippen molar-refractivity contribution in [3.05, 3.63) is 72.4 Å². The van der Waals surface area contributed by atoms with Gasteiger partial charge in [-0.15, -0.1) is 0 Å². The molecular formula is C22H24N4S. The minimum atomic E-state index is 0.519. The Labute approximate surface area is 165 Å². The van der Waals surface area contributed by atoms with Gasteiger partial charge in [-0.2, -0.15) is 5.10 Å². The van der Waals surface area contributed by atoms with E-state index in [2.05, 4.69) is 41.1 Å². The van der Waals surface area contributed by atoms with Crippen molar-refractivity contribution in [1.82, 2.24) is 20.4 Å². The maximum atomic E-state index is 5.50. The maximum Gasteiger partial charge on any atom is 0.166 e. The maximum absolute atomic E-state index is 5.50. The lowest BCUT2D eigenvalue weighted by molar-refractivity contribution is 0.621. The van der Waals surface area contributed by atoms with Crippen LogP contribution >= 0.6 is 12.2 Å². The Morgan fingerprint density at radius 2 is 1.67 bits per heavy atom. The molecule has 0 radical (unpaired) electrons. The van der Waals surface area contributed by atoms with Crippen LogP contribution in [0.1, 0.15) is 31.2 Å². The molecule has 138 valence electrons. The van der Waals surface area contributed by atoms with Crippen LogP contribution in [0.15, 0.2) is 66.9 Å². The third-order valence-electron chi connectivity index (χ3n) is 4.99. The monoisotopic (exact) mass is 376 g/mol. The van der Waals surface area contributed by atoms with E-state index in [9.17, 15) is 0 Å². The second-order valence-corrected chi connectivity index (χ2v) is 7.37. The number of rotatable bonds is 5. The van der Waals surface area contributed by atoms with E-state index < -0.39 is 0 Å². The summed E-state index contributed by atoms with van der Waals surface area (Å²) < 4.78 is 1.94. The molecule has 1 aliphatic rings. The van der Waals surface area contributed by atoms with Crippen LogP contribution < -0.4 is 10.6 Å². The van der Waals surface area contributed by atoms with Crippen molar-refractivity contribution in [3.63, 3.8) is 0 Å². The summed E-state index contributed by atoms with van der Waals surface area (Å²) in [6.07, 6.45) is 7.10. The zero-order valence-corrected chi connectivity index (χ0v) is 16.1. The number of hydrogen-bond acceptors (Lipinski definition) is 2. The number of nitrogens with one attached hydrogen (secondary N) is 2. The second kappa shape index (κ2) is 8.35. The molecule has 0 amide bonds. The molecule has 0 saturated heterocycles. The summed E-state index contributed by atoms with van der Waals surface area (Å²) in [6, 6.07) is 21.0. The van der Waals surface area contributed by atoms with Crippen molar-refractivity contribution in [1.29, 1.82) is 0 Å². The van der Waals surface area contributed by atoms with Crippen LogP contribution in [-0.4, -0.2) is 20.9 Å². The standard InChI is InChI=1S/C22H24N4S/c27-22(24-19-11-7-8-12-19)23-15-18-16-26(20-13-5-2-6-14-20)25-21(18)17-9-3-1-4-10-17/h1-6,9-10,13-14,16,19H,7-8,11-12,15H2,(H2,23,24,27). The lowest BCUT2D eigenvalue weighted by Gasteiger charge is -2.15. The number of para-hydroxylation sites is 1. The van der Waals surface area contributed by atoms with E-state index >= 15 is 0 Å². The summed E-state index contributed by atoms with van der Waals surface area (Å²) in [5.41, 5.74) is 4.27. The number of thiocarbonyl (C=S) groups is 1. The van der Waals surface area contributed by atoms with E-state index in [1.165, 1.54) is 25.7 Å². The van der Waals surface area contributed by atoms with Gasteiger partial charge in [0.05, 0.1) is 11.4 Å². The highest BCUT2D eigenvalue weighted by molar-refractivity contribution is 7.80. The minimum Gasteiger partial charge on any atom is -0.360 e. The summed E-state index contributed by atoms with van der Waals surface area (Å²) in [5, 5.41) is 12.4. The highest BCUT2D eigenvalue weighted by Gasteiger charge is 2.16. The third kappa shape index (κ3) is 4.37. The van der Waals surface area contributed by atoms with Gasteiger partial charge in [0.25, 0.3) is 0 Å². The van der Waals surface area contributed by atoms with Crippen LogP contribution in [0.4, 0.5) is 0 Å². The first-order valence-corrected chi connectivity index (χ1v) is 9.94. The van der Waals surface area contributed by atoms with Gasteiger partial charge < -0.3 is 10.6 Å². The first kappa shape index (κ1) is 17.7. The van der Waals surface area contributed by atoms with Gasteiger partial charge in [-0.3, -0.25) is 0 Å². The molecule has 0 aliphatic heterocycles. The third-order valence-corrected chi connectivity index (χ3v) is 5.25. The van der Waals surface area contributed by atoms with Crippen molar-refractivity contribution in [2.24, 2.45) is 0 Å². The second-order valence-electron chi connectivity index (χ2n) is 6.96. The van der Waals surface area contributed by atoms with Gasteiger partial charge in [0.1, 0.15) is 0 Å². The molecule has 4 rings (SSSR count). The lowest BCUT2D eigenvalue weighted by atomic mass is 10.1. The highest BCUT2D eigenvalue weighted by Crippen LogP contribution is 2.23. The van der Waals surface area contributed by atoms with Crippen molar-refractivity contribution >= 4 is 17.3 Å². The Bertz CT molecular complexity index is 883. The van der Waals surface area contributed by atoms with Crippen molar-refractivity contribution in [2.45, 2.75) is 38.3 Å². The average Bonchev–Trinajstić information content (AvgIpc) is 3.37. The largest absolute Gasteiger partial charge is 0.360 e. The highest BCUT2D eigenvalue weighted by atomic mass is 32.1. The lowest BCUT2D eigenvalue weighted by Crippen LogP contribution is -2.40. The molecule has 2 aromatic carbocycles. The fraction of sp³-hybridized carbons (Fsp3) is 0.273. The molecular weight excluding hydrogens is 352 g/mol. The summed E-state index contributed by atoms with van der Waals surface area (Å²) >= 11 is 5.50. The molecule has 1 aromatic heterocycles. The topological polar surface area (TPSA) is 41.9 Å².